The summed E-state index contributed by atoms with van der Waals surface area (Å²) in [6, 6.07) is 4.72. The van der Waals surface area contributed by atoms with Crippen molar-refractivity contribution in [2.45, 2.75) is 45.8 Å². The van der Waals surface area contributed by atoms with E-state index in [1.54, 1.807) is 0 Å². The van der Waals surface area contributed by atoms with Crippen LogP contribution in [0.1, 0.15) is 33.4 Å². The fourth-order valence-corrected chi connectivity index (χ4v) is 3.04. The maximum absolute atomic E-state index is 4.38. The minimum Gasteiger partial charge on any atom is -0.351 e. The van der Waals surface area contributed by atoms with E-state index in [1.807, 2.05) is 11.8 Å². The van der Waals surface area contributed by atoms with Crippen molar-refractivity contribution in [3.63, 3.8) is 0 Å². The largest absolute Gasteiger partial charge is 0.351 e. The Morgan fingerprint density at radius 1 is 1.37 bits per heavy atom. The van der Waals surface area contributed by atoms with Gasteiger partial charge in [0.05, 0.1) is 5.69 Å². The zero-order valence-corrected chi connectivity index (χ0v) is 13.1. The molecule has 5 heteroatoms. The fourth-order valence-electron chi connectivity index (χ4n) is 2.02. The van der Waals surface area contributed by atoms with Gasteiger partial charge in [-0.1, -0.05) is 0 Å². The standard InChI is InChI=1S/C14H24N4S/c1-11-10-19-8-7-18(11)13-6-5-12(16-17-13)9-15-14(2,3)4/h5-6,11,15H,7-10H2,1-4H3. The number of aromatic nitrogens is 2. The quantitative estimate of drug-likeness (QED) is 0.920. The van der Waals surface area contributed by atoms with Crippen LogP contribution in [0.3, 0.4) is 0 Å². The molecular formula is C14H24N4S. The van der Waals surface area contributed by atoms with Crippen LogP contribution in [-0.4, -0.2) is 39.8 Å². The molecule has 106 valence electrons. The number of hydrogen-bond donors (Lipinski definition) is 1. The molecule has 0 aromatic carbocycles. The van der Waals surface area contributed by atoms with E-state index in [-0.39, 0.29) is 5.54 Å². The number of nitrogens with zero attached hydrogens (tertiary/aromatic N) is 3. The molecule has 19 heavy (non-hydrogen) atoms. The molecule has 0 spiro atoms. The Morgan fingerprint density at radius 2 is 2.16 bits per heavy atom. The Kier molecular flexibility index (Phi) is 4.68. The number of nitrogens with one attached hydrogen (secondary N) is 1. The van der Waals surface area contributed by atoms with Crippen LogP contribution in [0.4, 0.5) is 5.82 Å². The van der Waals surface area contributed by atoms with Gasteiger partial charge in [0.15, 0.2) is 5.82 Å². The Balaban J connectivity index is 1.98. The lowest BCUT2D eigenvalue weighted by atomic mass is 10.1. The van der Waals surface area contributed by atoms with Gasteiger partial charge in [-0.05, 0) is 39.8 Å². The summed E-state index contributed by atoms with van der Waals surface area (Å²) < 4.78 is 0. The van der Waals surface area contributed by atoms with Gasteiger partial charge in [-0.2, -0.15) is 16.9 Å². The molecule has 1 saturated heterocycles. The second-order valence-electron chi connectivity index (χ2n) is 6.10. The van der Waals surface area contributed by atoms with Gasteiger partial charge in [0, 0.05) is 36.2 Å². The zero-order valence-electron chi connectivity index (χ0n) is 12.3. The van der Waals surface area contributed by atoms with Crippen LogP contribution in [0.25, 0.3) is 0 Å². The molecule has 2 heterocycles. The highest BCUT2D eigenvalue weighted by molar-refractivity contribution is 7.99. The second-order valence-corrected chi connectivity index (χ2v) is 7.25. The van der Waals surface area contributed by atoms with Crippen LogP contribution >= 0.6 is 11.8 Å². The van der Waals surface area contributed by atoms with Crippen molar-refractivity contribution < 1.29 is 0 Å². The number of rotatable bonds is 3. The Morgan fingerprint density at radius 3 is 2.74 bits per heavy atom. The molecule has 1 aliphatic rings. The average molecular weight is 280 g/mol. The minimum atomic E-state index is 0.110. The SMILES string of the molecule is CC1CSCCN1c1ccc(CNC(C)(C)C)nn1. The molecule has 0 aliphatic carbocycles. The van der Waals surface area contributed by atoms with Crippen molar-refractivity contribution in [1.29, 1.82) is 0 Å². The van der Waals surface area contributed by atoms with E-state index in [1.165, 1.54) is 11.5 Å². The maximum atomic E-state index is 4.38. The number of thioether (sulfide) groups is 1. The van der Waals surface area contributed by atoms with Crippen LogP contribution in [0.15, 0.2) is 12.1 Å². The molecule has 0 amide bonds. The van der Waals surface area contributed by atoms with Gasteiger partial charge >= 0.3 is 0 Å². The summed E-state index contributed by atoms with van der Waals surface area (Å²) in [5, 5.41) is 12.1. The van der Waals surface area contributed by atoms with Crippen molar-refractivity contribution in [3.8, 4) is 0 Å². The van der Waals surface area contributed by atoms with Crippen molar-refractivity contribution in [1.82, 2.24) is 15.5 Å². The lowest BCUT2D eigenvalue weighted by molar-refractivity contribution is 0.420. The van der Waals surface area contributed by atoms with Crippen molar-refractivity contribution in [3.05, 3.63) is 17.8 Å². The van der Waals surface area contributed by atoms with E-state index in [9.17, 15) is 0 Å². The fraction of sp³-hybridized carbons (Fsp3) is 0.714. The Labute approximate surface area is 120 Å². The monoisotopic (exact) mass is 280 g/mol. The molecule has 4 nitrogen and oxygen atoms in total. The molecule has 1 unspecified atom stereocenters. The normalized spacial score (nSPS) is 20.6. The summed E-state index contributed by atoms with van der Waals surface area (Å²) in [7, 11) is 0. The van der Waals surface area contributed by atoms with E-state index in [2.05, 4.69) is 60.2 Å². The predicted octanol–water partition coefficient (Wildman–Crippen LogP) is 2.31. The predicted molar refractivity (Wildman–Crippen MR) is 82.8 cm³/mol. The molecule has 1 fully saturated rings. The third-order valence-corrected chi connectivity index (χ3v) is 4.36. The van der Waals surface area contributed by atoms with Gasteiger partial charge in [-0.25, -0.2) is 0 Å². The highest BCUT2D eigenvalue weighted by atomic mass is 32.2. The van der Waals surface area contributed by atoms with Gasteiger partial charge < -0.3 is 10.2 Å². The average Bonchev–Trinajstić information content (AvgIpc) is 2.37. The third-order valence-electron chi connectivity index (χ3n) is 3.17. The zero-order chi connectivity index (χ0) is 13.9. The van der Waals surface area contributed by atoms with Crippen molar-refractivity contribution in [2.75, 3.05) is 23.0 Å². The molecule has 0 radical (unpaired) electrons. The third kappa shape index (κ3) is 4.35. The van der Waals surface area contributed by atoms with Gasteiger partial charge in [0.2, 0.25) is 0 Å². The van der Waals surface area contributed by atoms with Gasteiger partial charge in [0.1, 0.15) is 0 Å². The van der Waals surface area contributed by atoms with Crippen LogP contribution in [0, 0.1) is 0 Å². The molecule has 0 bridgehead atoms. The van der Waals surface area contributed by atoms with Crippen LogP contribution in [-0.2, 0) is 6.54 Å². The molecule has 0 saturated carbocycles. The van der Waals surface area contributed by atoms with Crippen molar-refractivity contribution >= 4 is 17.6 Å². The molecule has 1 aromatic heterocycles. The van der Waals surface area contributed by atoms with Gasteiger partial charge in [0.25, 0.3) is 0 Å². The molecular weight excluding hydrogens is 256 g/mol. The summed E-state index contributed by atoms with van der Waals surface area (Å²) in [5.74, 6) is 3.36. The highest BCUT2D eigenvalue weighted by Crippen LogP contribution is 2.21. The van der Waals surface area contributed by atoms with Crippen molar-refractivity contribution in [2.24, 2.45) is 0 Å². The van der Waals surface area contributed by atoms with E-state index in [0.29, 0.717) is 6.04 Å². The first-order valence-electron chi connectivity index (χ1n) is 6.88. The first kappa shape index (κ1) is 14.6. The summed E-state index contributed by atoms with van der Waals surface area (Å²) >= 11 is 2.02. The summed E-state index contributed by atoms with van der Waals surface area (Å²) in [4.78, 5) is 2.35. The molecule has 2 rings (SSSR count). The lowest BCUT2D eigenvalue weighted by Crippen LogP contribution is -2.41. The lowest BCUT2D eigenvalue weighted by Gasteiger charge is -2.33. The molecule has 1 aliphatic heterocycles. The number of anilines is 1. The second kappa shape index (κ2) is 6.09. The van der Waals surface area contributed by atoms with Gasteiger partial charge in [-0.3, -0.25) is 0 Å². The van der Waals surface area contributed by atoms with Crippen LogP contribution in [0.5, 0.6) is 0 Å². The van der Waals surface area contributed by atoms with Gasteiger partial charge in [-0.15, -0.1) is 5.10 Å². The summed E-state index contributed by atoms with van der Waals surface area (Å²) in [5.41, 5.74) is 1.11. The van der Waals surface area contributed by atoms with E-state index < -0.39 is 0 Å². The molecule has 1 aromatic rings. The highest BCUT2D eigenvalue weighted by Gasteiger charge is 2.20. The summed E-state index contributed by atoms with van der Waals surface area (Å²) in [6.45, 7) is 10.6. The topological polar surface area (TPSA) is 41.0 Å². The first-order valence-corrected chi connectivity index (χ1v) is 8.03. The first-order chi connectivity index (χ1) is 8.96. The minimum absolute atomic E-state index is 0.110. The molecule has 1 N–H and O–H groups in total. The maximum Gasteiger partial charge on any atom is 0.151 e. The van der Waals surface area contributed by atoms with Crippen LogP contribution in [0.2, 0.25) is 0 Å². The van der Waals surface area contributed by atoms with E-state index >= 15 is 0 Å². The molecule has 1 atom stereocenters. The van der Waals surface area contributed by atoms with Crippen LogP contribution < -0.4 is 10.2 Å². The van der Waals surface area contributed by atoms with E-state index in [4.69, 9.17) is 0 Å². The summed E-state index contributed by atoms with van der Waals surface area (Å²) in [6.07, 6.45) is 0. The number of hydrogen-bond acceptors (Lipinski definition) is 5. The van der Waals surface area contributed by atoms with E-state index in [0.717, 1.165) is 24.6 Å². The Hall–Kier alpha value is -0.810. The Bertz CT molecular complexity index is 399. The smallest absolute Gasteiger partial charge is 0.151 e.